The van der Waals surface area contributed by atoms with Crippen LogP contribution in [0.2, 0.25) is 0 Å². The number of benzene rings is 1. The minimum Gasteiger partial charge on any atom is -0.393 e. The van der Waals surface area contributed by atoms with Crippen molar-refractivity contribution in [2.75, 3.05) is 0 Å². The number of aromatic nitrogens is 1. The van der Waals surface area contributed by atoms with Crippen LogP contribution in [0.4, 0.5) is 0 Å². The zero-order valence-corrected chi connectivity index (χ0v) is 9.98. The summed E-state index contributed by atoms with van der Waals surface area (Å²) in [6.07, 6.45) is 4.53. The van der Waals surface area contributed by atoms with E-state index in [1.165, 1.54) is 16.5 Å². The Balaban J connectivity index is 2.21. The predicted molar refractivity (Wildman–Crippen MR) is 67.5 cm³/mol. The molecule has 0 saturated heterocycles. The standard InChI is InChI=1S/C14H19NO/c1-3-4-13(16)9-11-5-6-12-7-8-15(2)14(12)10-11/h5-8,10,13,16H,3-4,9H2,1-2H3. The summed E-state index contributed by atoms with van der Waals surface area (Å²) in [5, 5.41) is 11.0. The second kappa shape index (κ2) is 4.71. The van der Waals surface area contributed by atoms with Crippen LogP contribution in [0, 0.1) is 0 Å². The van der Waals surface area contributed by atoms with Crippen LogP contribution in [0.3, 0.4) is 0 Å². The molecule has 1 N–H and O–H groups in total. The first kappa shape index (κ1) is 11.2. The quantitative estimate of drug-likeness (QED) is 0.837. The summed E-state index contributed by atoms with van der Waals surface area (Å²) >= 11 is 0. The molecule has 2 heteroatoms. The molecule has 0 amide bonds. The van der Waals surface area contributed by atoms with E-state index in [1.807, 2.05) is 0 Å². The molecule has 1 aromatic heterocycles. The lowest BCUT2D eigenvalue weighted by Gasteiger charge is -2.09. The number of rotatable bonds is 4. The average molecular weight is 217 g/mol. The highest BCUT2D eigenvalue weighted by Gasteiger charge is 2.06. The highest BCUT2D eigenvalue weighted by atomic mass is 16.3. The fourth-order valence-corrected chi connectivity index (χ4v) is 2.14. The third kappa shape index (κ3) is 2.27. The van der Waals surface area contributed by atoms with E-state index in [4.69, 9.17) is 0 Å². The number of aliphatic hydroxyl groups is 1. The first-order valence-corrected chi connectivity index (χ1v) is 5.92. The summed E-state index contributed by atoms with van der Waals surface area (Å²) in [6.45, 7) is 2.10. The van der Waals surface area contributed by atoms with Gasteiger partial charge in [-0.05, 0) is 35.9 Å². The SMILES string of the molecule is CCCC(O)Cc1ccc2ccn(C)c2c1. The van der Waals surface area contributed by atoms with Gasteiger partial charge in [-0.25, -0.2) is 0 Å². The maximum absolute atomic E-state index is 9.79. The van der Waals surface area contributed by atoms with Crippen LogP contribution in [0.1, 0.15) is 25.3 Å². The van der Waals surface area contributed by atoms with E-state index in [-0.39, 0.29) is 6.10 Å². The Kier molecular flexibility index (Phi) is 3.30. The van der Waals surface area contributed by atoms with Gasteiger partial charge in [0.25, 0.3) is 0 Å². The van der Waals surface area contributed by atoms with Crippen molar-refractivity contribution in [1.29, 1.82) is 0 Å². The molecule has 2 rings (SSSR count). The van der Waals surface area contributed by atoms with E-state index in [0.717, 1.165) is 19.3 Å². The van der Waals surface area contributed by atoms with Gasteiger partial charge in [-0.15, -0.1) is 0 Å². The van der Waals surface area contributed by atoms with E-state index in [9.17, 15) is 5.11 Å². The maximum Gasteiger partial charge on any atom is 0.0580 e. The van der Waals surface area contributed by atoms with E-state index >= 15 is 0 Å². The summed E-state index contributed by atoms with van der Waals surface area (Å²) in [5.74, 6) is 0. The molecular formula is C14H19NO. The van der Waals surface area contributed by atoms with E-state index in [0.29, 0.717) is 0 Å². The molecule has 0 fully saturated rings. The van der Waals surface area contributed by atoms with Crippen LogP contribution in [-0.4, -0.2) is 15.8 Å². The van der Waals surface area contributed by atoms with Crippen LogP contribution < -0.4 is 0 Å². The van der Waals surface area contributed by atoms with Crippen molar-refractivity contribution in [2.24, 2.45) is 7.05 Å². The van der Waals surface area contributed by atoms with Crippen molar-refractivity contribution in [2.45, 2.75) is 32.3 Å². The Hall–Kier alpha value is -1.28. The highest BCUT2D eigenvalue weighted by Crippen LogP contribution is 2.18. The molecule has 86 valence electrons. The summed E-state index contributed by atoms with van der Waals surface area (Å²) in [7, 11) is 2.05. The van der Waals surface area contributed by atoms with Crippen molar-refractivity contribution >= 4 is 10.9 Å². The zero-order valence-electron chi connectivity index (χ0n) is 9.98. The van der Waals surface area contributed by atoms with E-state index in [2.05, 4.69) is 49.0 Å². The van der Waals surface area contributed by atoms with Crippen molar-refractivity contribution in [3.63, 3.8) is 0 Å². The molecule has 1 aromatic carbocycles. The molecule has 0 bridgehead atoms. The lowest BCUT2D eigenvalue weighted by atomic mass is 10.0. The predicted octanol–water partition coefficient (Wildman–Crippen LogP) is 2.88. The normalized spacial score (nSPS) is 13.2. The Morgan fingerprint density at radius 1 is 1.31 bits per heavy atom. The van der Waals surface area contributed by atoms with Crippen LogP contribution in [0.25, 0.3) is 10.9 Å². The third-order valence-electron chi connectivity index (χ3n) is 3.05. The fourth-order valence-electron chi connectivity index (χ4n) is 2.14. The monoisotopic (exact) mass is 217 g/mol. The third-order valence-corrected chi connectivity index (χ3v) is 3.05. The number of aryl methyl sites for hydroxylation is 1. The largest absolute Gasteiger partial charge is 0.393 e. The molecule has 1 atom stereocenters. The summed E-state index contributed by atoms with van der Waals surface area (Å²) in [5.41, 5.74) is 2.46. The summed E-state index contributed by atoms with van der Waals surface area (Å²) in [4.78, 5) is 0. The van der Waals surface area contributed by atoms with Crippen molar-refractivity contribution in [1.82, 2.24) is 4.57 Å². The zero-order chi connectivity index (χ0) is 11.5. The van der Waals surface area contributed by atoms with Gasteiger partial charge in [0.15, 0.2) is 0 Å². The molecule has 0 saturated carbocycles. The number of aliphatic hydroxyl groups excluding tert-OH is 1. The molecule has 1 heterocycles. The fraction of sp³-hybridized carbons (Fsp3) is 0.429. The molecule has 2 aromatic rings. The molecular weight excluding hydrogens is 198 g/mol. The Bertz CT molecular complexity index is 473. The maximum atomic E-state index is 9.79. The Morgan fingerprint density at radius 2 is 2.12 bits per heavy atom. The van der Waals surface area contributed by atoms with Crippen LogP contribution >= 0.6 is 0 Å². The Morgan fingerprint density at radius 3 is 2.88 bits per heavy atom. The molecule has 0 radical (unpaired) electrons. The topological polar surface area (TPSA) is 25.2 Å². The van der Waals surface area contributed by atoms with E-state index < -0.39 is 0 Å². The summed E-state index contributed by atoms with van der Waals surface area (Å²) in [6, 6.07) is 8.53. The van der Waals surface area contributed by atoms with Crippen molar-refractivity contribution in [3.05, 3.63) is 36.0 Å². The van der Waals surface area contributed by atoms with Gasteiger partial charge in [0.05, 0.1) is 6.10 Å². The molecule has 0 aliphatic rings. The molecule has 1 unspecified atom stereocenters. The van der Waals surface area contributed by atoms with Crippen LogP contribution in [0.15, 0.2) is 30.5 Å². The van der Waals surface area contributed by atoms with Crippen LogP contribution in [-0.2, 0) is 13.5 Å². The molecule has 0 spiro atoms. The molecule has 0 aliphatic heterocycles. The van der Waals surface area contributed by atoms with Gasteiger partial charge in [-0.1, -0.05) is 25.5 Å². The minimum atomic E-state index is -0.206. The molecule has 16 heavy (non-hydrogen) atoms. The minimum absolute atomic E-state index is 0.206. The van der Waals surface area contributed by atoms with Crippen LogP contribution in [0.5, 0.6) is 0 Å². The highest BCUT2D eigenvalue weighted by molar-refractivity contribution is 5.80. The van der Waals surface area contributed by atoms with Crippen molar-refractivity contribution in [3.8, 4) is 0 Å². The second-order valence-electron chi connectivity index (χ2n) is 4.47. The first-order chi connectivity index (χ1) is 7.70. The van der Waals surface area contributed by atoms with Gasteiger partial charge in [0.1, 0.15) is 0 Å². The molecule has 2 nitrogen and oxygen atoms in total. The lowest BCUT2D eigenvalue weighted by Crippen LogP contribution is -2.09. The first-order valence-electron chi connectivity index (χ1n) is 5.92. The van der Waals surface area contributed by atoms with Gasteiger partial charge < -0.3 is 9.67 Å². The van der Waals surface area contributed by atoms with Gasteiger partial charge in [0.2, 0.25) is 0 Å². The smallest absolute Gasteiger partial charge is 0.0580 e. The van der Waals surface area contributed by atoms with Gasteiger partial charge in [0, 0.05) is 18.8 Å². The van der Waals surface area contributed by atoms with Gasteiger partial charge in [-0.3, -0.25) is 0 Å². The van der Waals surface area contributed by atoms with Gasteiger partial charge >= 0.3 is 0 Å². The average Bonchev–Trinajstić information content (AvgIpc) is 2.61. The van der Waals surface area contributed by atoms with E-state index in [1.54, 1.807) is 0 Å². The number of hydrogen-bond acceptors (Lipinski definition) is 1. The number of nitrogens with zero attached hydrogens (tertiary/aromatic N) is 1. The van der Waals surface area contributed by atoms with Gasteiger partial charge in [-0.2, -0.15) is 0 Å². The summed E-state index contributed by atoms with van der Waals surface area (Å²) < 4.78 is 2.12. The number of hydrogen-bond donors (Lipinski definition) is 1. The lowest BCUT2D eigenvalue weighted by molar-refractivity contribution is 0.164. The van der Waals surface area contributed by atoms with Crippen molar-refractivity contribution < 1.29 is 5.11 Å². The molecule has 0 aliphatic carbocycles. The second-order valence-corrected chi connectivity index (χ2v) is 4.47. The number of fused-ring (bicyclic) bond motifs is 1. The Labute approximate surface area is 96.5 Å².